The Morgan fingerprint density at radius 2 is 1.62 bits per heavy atom. The molecule has 0 saturated carbocycles. The fourth-order valence-electron chi connectivity index (χ4n) is 2.59. The molecular weight excluding hydrogens is 324 g/mol. The van der Waals surface area contributed by atoms with E-state index in [1.165, 1.54) is 18.9 Å². The first-order valence-electron chi connectivity index (χ1n) is 8.34. The van der Waals surface area contributed by atoms with Gasteiger partial charge in [-0.2, -0.15) is 8.42 Å². The van der Waals surface area contributed by atoms with Crippen LogP contribution in [0.25, 0.3) is 0 Å². The van der Waals surface area contributed by atoms with E-state index in [4.69, 9.17) is 4.74 Å². The summed E-state index contributed by atoms with van der Waals surface area (Å²) in [5.41, 5.74) is 0.634. The summed E-state index contributed by atoms with van der Waals surface area (Å²) in [4.78, 5) is -0.0635. The second kappa shape index (κ2) is 8.85. The van der Waals surface area contributed by atoms with E-state index >= 15 is 0 Å². The van der Waals surface area contributed by atoms with Gasteiger partial charge in [0.2, 0.25) is 0 Å². The molecule has 130 valence electrons. The Morgan fingerprint density at radius 1 is 0.917 bits per heavy atom. The monoisotopic (exact) mass is 348 g/mol. The van der Waals surface area contributed by atoms with Gasteiger partial charge in [-0.15, -0.1) is 0 Å². The lowest BCUT2D eigenvalue weighted by Gasteiger charge is -2.11. The van der Waals surface area contributed by atoms with Crippen molar-refractivity contribution in [2.45, 2.75) is 50.3 Å². The molecule has 0 heterocycles. The fraction of sp³-hybridized carbons (Fsp3) is 0.368. The van der Waals surface area contributed by atoms with E-state index in [1.54, 1.807) is 24.3 Å². The molecule has 0 amide bonds. The lowest BCUT2D eigenvalue weighted by Crippen LogP contribution is -2.04. The lowest BCUT2D eigenvalue weighted by molar-refractivity contribution is 0.470. The van der Waals surface area contributed by atoms with Gasteiger partial charge in [-0.1, -0.05) is 56.9 Å². The molecule has 0 saturated heterocycles. The van der Waals surface area contributed by atoms with Crippen molar-refractivity contribution in [2.24, 2.45) is 0 Å². The van der Waals surface area contributed by atoms with Crippen LogP contribution < -0.4 is 4.74 Å². The van der Waals surface area contributed by atoms with Gasteiger partial charge in [0.1, 0.15) is 16.4 Å². The Hall–Kier alpha value is -1.85. The smallest absolute Gasteiger partial charge is 0.294 e. The van der Waals surface area contributed by atoms with Crippen LogP contribution in [0.2, 0.25) is 0 Å². The number of rotatable bonds is 9. The lowest BCUT2D eigenvalue weighted by atomic mass is 10.1. The molecule has 0 aliphatic carbocycles. The van der Waals surface area contributed by atoms with Crippen LogP contribution in [0.15, 0.2) is 53.4 Å². The van der Waals surface area contributed by atoms with Crippen molar-refractivity contribution in [3.63, 3.8) is 0 Å². The van der Waals surface area contributed by atoms with E-state index in [0.717, 1.165) is 19.3 Å². The molecule has 0 fully saturated rings. The maximum absolute atomic E-state index is 11.7. The van der Waals surface area contributed by atoms with E-state index in [0.29, 0.717) is 23.5 Å². The van der Waals surface area contributed by atoms with Crippen LogP contribution in [-0.2, 0) is 16.5 Å². The Morgan fingerprint density at radius 3 is 2.29 bits per heavy atom. The van der Waals surface area contributed by atoms with Crippen LogP contribution in [0.5, 0.6) is 11.5 Å². The summed E-state index contributed by atoms with van der Waals surface area (Å²) in [5.74, 6) is 1.01. The number of hydrogen-bond acceptors (Lipinski definition) is 3. The minimum atomic E-state index is -4.28. The molecule has 0 unspecified atom stereocenters. The molecule has 4 nitrogen and oxygen atoms in total. The fourth-order valence-corrected chi connectivity index (χ4v) is 3.36. The highest BCUT2D eigenvalue weighted by Crippen LogP contribution is 2.27. The van der Waals surface area contributed by atoms with E-state index < -0.39 is 10.1 Å². The molecule has 0 aromatic heterocycles. The van der Waals surface area contributed by atoms with Crippen LogP contribution in [0.4, 0.5) is 0 Å². The summed E-state index contributed by atoms with van der Waals surface area (Å²) in [5, 5.41) is 0. The Labute approximate surface area is 144 Å². The summed E-state index contributed by atoms with van der Waals surface area (Å²) in [6.07, 6.45) is 6.09. The van der Waals surface area contributed by atoms with Gasteiger partial charge in [0, 0.05) is 6.07 Å². The second-order valence-corrected chi connectivity index (χ2v) is 7.21. The number of ether oxygens (including phenoxy) is 1. The van der Waals surface area contributed by atoms with E-state index in [-0.39, 0.29) is 4.90 Å². The van der Waals surface area contributed by atoms with Crippen molar-refractivity contribution in [1.29, 1.82) is 0 Å². The first kappa shape index (κ1) is 18.5. The van der Waals surface area contributed by atoms with Gasteiger partial charge < -0.3 is 4.74 Å². The summed E-state index contributed by atoms with van der Waals surface area (Å²) >= 11 is 0. The third-order valence-corrected chi connectivity index (χ3v) is 4.78. The topological polar surface area (TPSA) is 63.6 Å². The molecular formula is C19H24O4S. The minimum Gasteiger partial charge on any atom is -0.457 e. The Kier molecular flexibility index (Phi) is 6.82. The summed E-state index contributed by atoms with van der Waals surface area (Å²) in [7, 11) is -4.28. The molecule has 0 bridgehead atoms. The van der Waals surface area contributed by atoms with Gasteiger partial charge in [-0.25, -0.2) is 0 Å². The third-order valence-electron chi connectivity index (χ3n) is 3.85. The number of para-hydroxylation sites is 1. The summed E-state index contributed by atoms with van der Waals surface area (Å²) in [6, 6.07) is 14.0. The van der Waals surface area contributed by atoms with Crippen LogP contribution in [-0.4, -0.2) is 13.0 Å². The zero-order valence-corrected chi connectivity index (χ0v) is 14.8. The number of aryl methyl sites for hydroxylation is 1. The molecule has 0 spiro atoms. The molecule has 5 heteroatoms. The highest BCUT2D eigenvalue weighted by atomic mass is 32.2. The molecule has 0 radical (unpaired) electrons. The van der Waals surface area contributed by atoms with Crippen molar-refractivity contribution in [1.82, 2.24) is 0 Å². The standard InChI is InChI=1S/C19H24O4S/c1-2-3-4-5-7-10-16-13-14-18(15-19(16)24(20,21)22)23-17-11-8-6-9-12-17/h6,8-9,11-15H,2-5,7,10H2,1H3,(H,20,21,22). The molecule has 0 aliphatic heterocycles. The highest BCUT2D eigenvalue weighted by Gasteiger charge is 2.16. The molecule has 24 heavy (non-hydrogen) atoms. The SMILES string of the molecule is CCCCCCCc1ccc(Oc2ccccc2)cc1S(=O)(=O)O. The first-order valence-corrected chi connectivity index (χ1v) is 9.78. The van der Waals surface area contributed by atoms with Crippen LogP contribution in [0.1, 0.15) is 44.6 Å². The Bertz CT molecular complexity index is 739. The number of hydrogen-bond donors (Lipinski definition) is 1. The van der Waals surface area contributed by atoms with Crippen LogP contribution >= 0.6 is 0 Å². The summed E-state index contributed by atoms with van der Waals surface area (Å²) < 4.78 is 38.6. The van der Waals surface area contributed by atoms with E-state index in [1.807, 2.05) is 18.2 Å². The van der Waals surface area contributed by atoms with Crippen molar-refractivity contribution in [2.75, 3.05) is 0 Å². The highest BCUT2D eigenvalue weighted by molar-refractivity contribution is 7.85. The first-order chi connectivity index (χ1) is 11.5. The van der Waals surface area contributed by atoms with Gasteiger partial charge >= 0.3 is 0 Å². The third kappa shape index (κ3) is 5.65. The van der Waals surface area contributed by atoms with Gasteiger partial charge in [0.25, 0.3) is 10.1 Å². The second-order valence-electron chi connectivity index (χ2n) is 5.82. The maximum atomic E-state index is 11.7. The summed E-state index contributed by atoms with van der Waals surface area (Å²) in [6.45, 7) is 2.15. The van der Waals surface area contributed by atoms with Gasteiger partial charge in [-0.3, -0.25) is 4.55 Å². The van der Waals surface area contributed by atoms with E-state index in [9.17, 15) is 13.0 Å². The van der Waals surface area contributed by atoms with Crippen LogP contribution in [0, 0.1) is 0 Å². The number of unbranched alkanes of at least 4 members (excludes halogenated alkanes) is 4. The van der Waals surface area contributed by atoms with Crippen molar-refractivity contribution >= 4 is 10.1 Å². The quantitative estimate of drug-likeness (QED) is 0.497. The van der Waals surface area contributed by atoms with Crippen molar-refractivity contribution in [3.8, 4) is 11.5 Å². The van der Waals surface area contributed by atoms with Gasteiger partial charge in [0.05, 0.1) is 0 Å². The molecule has 2 rings (SSSR count). The maximum Gasteiger partial charge on any atom is 0.294 e. The predicted octanol–water partition coefficient (Wildman–Crippen LogP) is 5.24. The molecule has 2 aromatic rings. The molecule has 0 atom stereocenters. The zero-order chi connectivity index (χ0) is 17.4. The van der Waals surface area contributed by atoms with Gasteiger partial charge in [-0.05, 0) is 36.6 Å². The van der Waals surface area contributed by atoms with E-state index in [2.05, 4.69) is 6.92 Å². The van der Waals surface area contributed by atoms with Crippen LogP contribution in [0.3, 0.4) is 0 Å². The predicted molar refractivity (Wildman–Crippen MR) is 95.2 cm³/mol. The van der Waals surface area contributed by atoms with Gasteiger partial charge in [0.15, 0.2) is 0 Å². The molecule has 1 N–H and O–H groups in total. The average Bonchev–Trinajstić information content (AvgIpc) is 2.56. The largest absolute Gasteiger partial charge is 0.457 e. The number of benzene rings is 2. The minimum absolute atomic E-state index is 0.0635. The average molecular weight is 348 g/mol. The zero-order valence-electron chi connectivity index (χ0n) is 13.9. The Balaban J connectivity index is 2.13. The molecule has 2 aromatic carbocycles. The van der Waals surface area contributed by atoms with Crippen molar-refractivity contribution < 1.29 is 17.7 Å². The molecule has 0 aliphatic rings. The normalized spacial score (nSPS) is 11.4. The van der Waals surface area contributed by atoms with Crippen molar-refractivity contribution in [3.05, 3.63) is 54.1 Å².